The van der Waals surface area contributed by atoms with Gasteiger partial charge in [-0.1, -0.05) is 48.5 Å². The first-order valence-corrected chi connectivity index (χ1v) is 5.67. The highest BCUT2D eigenvalue weighted by Crippen LogP contribution is 2.28. The van der Waals surface area contributed by atoms with Gasteiger partial charge in [-0.25, -0.2) is 0 Å². The van der Waals surface area contributed by atoms with E-state index >= 15 is 0 Å². The maximum Gasteiger partial charge on any atom is 0.150 e. The lowest BCUT2D eigenvalue weighted by Gasteiger charge is -2.07. The lowest BCUT2D eigenvalue weighted by Crippen LogP contribution is -1.89. The molecule has 0 spiro atoms. The summed E-state index contributed by atoms with van der Waals surface area (Å²) in [5, 5.41) is 4.60. The zero-order chi connectivity index (χ0) is 11.8. The number of benzene rings is 3. The minimum atomic E-state index is 0.799. The average Bonchev–Trinajstić information content (AvgIpc) is 2.38. The molecule has 1 heteroatoms. The topological polar surface area (TPSA) is 17.1 Å². The molecule has 82 valence electrons. The van der Waals surface area contributed by atoms with Crippen LogP contribution in [-0.2, 0) is 0 Å². The molecular weight excluding hydrogens is 208 g/mol. The van der Waals surface area contributed by atoms with E-state index in [1.807, 2.05) is 31.2 Å². The zero-order valence-electron chi connectivity index (χ0n) is 9.60. The largest absolute Gasteiger partial charge is 0.298 e. The highest BCUT2D eigenvalue weighted by Gasteiger charge is 2.06. The molecular formula is C16H12O. The monoisotopic (exact) mass is 220 g/mol. The smallest absolute Gasteiger partial charge is 0.150 e. The maximum absolute atomic E-state index is 11.2. The van der Waals surface area contributed by atoms with Crippen LogP contribution in [0.1, 0.15) is 15.9 Å². The van der Waals surface area contributed by atoms with E-state index < -0.39 is 0 Å². The predicted octanol–water partition coefficient (Wildman–Crippen LogP) is 4.11. The van der Waals surface area contributed by atoms with Crippen molar-refractivity contribution in [1.82, 2.24) is 0 Å². The third kappa shape index (κ3) is 1.43. The Morgan fingerprint density at radius 1 is 0.824 bits per heavy atom. The number of aryl methyl sites for hydroxylation is 1. The third-order valence-electron chi connectivity index (χ3n) is 3.30. The van der Waals surface area contributed by atoms with Gasteiger partial charge >= 0.3 is 0 Å². The van der Waals surface area contributed by atoms with Gasteiger partial charge in [0.05, 0.1) is 0 Å². The molecule has 0 saturated carbocycles. The molecule has 0 radical (unpaired) electrons. The summed E-state index contributed by atoms with van der Waals surface area (Å²) in [7, 11) is 0. The van der Waals surface area contributed by atoms with Crippen molar-refractivity contribution in [3.8, 4) is 0 Å². The van der Waals surface area contributed by atoms with Gasteiger partial charge in [0.25, 0.3) is 0 Å². The summed E-state index contributed by atoms with van der Waals surface area (Å²) in [6.07, 6.45) is 0.951. The number of rotatable bonds is 1. The van der Waals surface area contributed by atoms with Gasteiger partial charge in [-0.05, 0) is 34.0 Å². The summed E-state index contributed by atoms with van der Waals surface area (Å²) in [5.41, 5.74) is 1.83. The Labute approximate surface area is 99.7 Å². The van der Waals surface area contributed by atoms with Crippen LogP contribution >= 0.6 is 0 Å². The minimum absolute atomic E-state index is 0.799. The van der Waals surface area contributed by atoms with Crippen LogP contribution in [0.3, 0.4) is 0 Å². The van der Waals surface area contributed by atoms with Crippen LogP contribution in [0, 0.1) is 6.92 Å². The number of carbonyl (C=O) groups is 1. The zero-order valence-corrected chi connectivity index (χ0v) is 9.60. The molecule has 0 N–H and O–H groups in total. The van der Waals surface area contributed by atoms with Gasteiger partial charge < -0.3 is 0 Å². The van der Waals surface area contributed by atoms with Crippen molar-refractivity contribution < 1.29 is 4.79 Å². The van der Waals surface area contributed by atoms with Crippen molar-refractivity contribution in [2.45, 2.75) is 6.92 Å². The maximum atomic E-state index is 11.2. The number of hydrogen-bond donors (Lipinski definition) is 0. The minimum Gasteiger partial charge on any atom is -0.298 e. The van der Waals surface area contributed by atoms with Crippen LogP contribution in [0.5, 0.6) is 0 Å². The summed E-state index contributed by atoms with van der Waals surface area (Å²) < 4.78 is 0. The summed E-state index contributed by atoms with van der Waals surface area (Å²) in [6.45, 7) is 1.97. The molecule has 0 bridgehead atoms. The van der Waals surface area contributed by atoms with Crippen LogP contribution in [0.15, 0.2) is 48.5 Å². The van der Waals surface area contributed by atoms with E-state index in [1.165, 1.54) is 10.8 Å². The van der Waals surface area contributed by atoms with E-state index in [-0.39, 0.29) is 0 Å². The molecule has 3 aromatic carbocycles. The number of fused-ring (bicyclic) bond motifs is 3. The SMILES string of the molecule is Cc1ccc2c(ccc3ccccc32)c1C=O. The van der Waals surface area contributed by atoms with Gasteiger partial charge in [-0.3, -0.25) is 4.79 Å². The summed E-state index contributed by atoms with van der Waals surface area (Å²) in [5.74, 6) is 0. The van der Waals surface area contributed by atoms with Crippen LogP contribution in [0.4, 0.5) is 0 Å². The molecule has 0 aliphatic heterocycles. The first kappa shape index (κ1) is 10.0. The second kappa shape index (κ2) is 3.70. The van der Waals surface area contributed by atoms with Crippen LogP contribution < -0.4 is 0 Å². The van der Waals surface area contributed by atoms with Gasteiger partial charge in [0.1, 0.15) is 0 Å². The summed E-state index contributed by atoms with van der Waals surface area (Å²) in [6, 6.07) is 16.5. The Morgan fingerprint density at radius 2 is 1.59 bits per heavy atom. The normalized spacial score (nSPS) is 10.9. The van der Waals surface area contributed by atoms with E-state index in [1.54, 1.807) is 0 Å². The molecule has 0 unspecified atom stereocenters. The summed E-state index contributed by atoms with van der Waals surface area (Å²) in [4.78, 5) is 11.2. The Kier molecular flexibility index (Phi) is 2.19. The molecule has 3 aromatic rings. The van der Waals surface area contributed by atoms with Crippen LogP contribution in [-0.4, -0.2) is 6.29 Å². The molecule has 0 aromatic heterocycles. The molecule has 0 heterocycles. The molecule has 0 amide bonds. The van der Waals surface area contributed by atoms with E-state index in [0.717, 1.165) is 28.2 Å². The van der Waals surface area contributed by atoms with E-state index in [9.17, 15) is 4.79 Å². The van der Waals surface area contributed by atoms with Crippen molar-refractivity contribution in [3.63, 3.8) is 0 Å². The van der Waals surface area contributed by atoms with E-state index in [4.69, 9.17) is 0 Å². The molecule has 0 aliphatic carbocycles. The molecule has 1 nitrogen and oxygen atoms in total. The second-order valence-corrected chi connectivity index (χ2v) is 4.30. The fourth-order valence-corrected chi connectivity index (χ4v) is 2.38. The molecule has 0 atom stereocenters. The Hall–Kier alpha value is -2.15. The standard InChI is InChI=1S/C16H12O/c1-11-6-8-14-13-5-3-2-4-12(13)7-9-15(14)16(11)10-17/h2-10H,1H3. The molecule has 17 heavy (non-hydrogen) atoms. The van der Waals surface area contributed by atoms with Crippen molar-refractivity contribution in [1.29, 1.82) is 0 Å². The molecule has 0 aliphatic rings. The van der Waals surface area contributed by atoms with Crippen LogP contribution in [0.2, 0.25) is 0 Å². The number of hydrogen-bond acceptors (Lipinski definition) is 1. The molecule has 0 fully saturated rings. The van der Waals surface area contributed by atoms with Gasteiger partial charge in [0.15, 0.2) is 6.29 Å². The van der Waals surface area contributed by atoms with Gasteiger partial charge in [-0.15, -0.1) is 0 Å². The van der Waals surface area contributed by atoms with Crippen molar-refractivity contribution in [2.24, 2.45) is 0 Å². The van der Waals surface area contributed by atoms with E-state index in [0.29, 0.717) is 0 Å². The Morgan fingerprint density at radius 3 is 2.41 bits per heavy atom. The molecule has 3 rings (SSSR count). The van der Waals surface area contributed by atoms with Gasteiger partial charge in [-0.2, -0.15) is 0 Å². The van der Waals surface area contributed by atoms with Crippen molar-refractivity contribution in [3.05, 3.63) is 59.7 Å². The molecule has 0 saturated heterocycles. The fraction of sp³-hybridized carbons (Fsp3) is 0.0625. The third-order valence-corrected chi connectivity index (χ3v) is 3.30. The quantitative estimate of drug-likeness (QED) is 0.445. The highest BCUT2D eigenvalue weighted by atomic mass is 16.1. The Bertz CT molecular complexity index is 726. The number of aldehydes is 1. The Balaban J connectivity index is 2.57. The summed E-state index contributed by atoms with van der Waals surface area (Å²) >= 11 is 0. The average molecular weight is 220 g/mol. The van der Waals surface area contributed by atoms with Gasteiger partial charge in [0, 0.05) is 5.56 Å². The fourth-order valence-electron chi connectivity index (χ4n) is 2.38. The first-order valence-electron chi connectivity index (χ1n) is 5.67. The van der Waals surface area contributed by atoms with Crippen molar-refractivity contribution >= 4 is 27.8 Å². The number of carbonyl (C=O) groups excluding carboxylic acids is 1. The lowest BCUT2D eigenvalue weighted by atomic mass is 9.96. The predicted molar refractivity (Wildman–Crippen MR) is 71.6 cm³/mol. The van der Waals surface area contributed by atoms with Crippen molar-refractivity contribution in [2.75, 3.05) is 0 Å². The van der Waals surface area contributed by atoms with Crippen LogP contribution in [0.25, 0.3) is 21.5 Å². The first-order chi connectivity index (χ1) is 8.31. The van der Waals surface area contributed by atoms with E-state index in [2.05, 4.69) is 24.3 Å². The lowest BCUT2D eigenvalue weighted by molar-refractivity contribution is 0.112. The van der Waals surface area contributed by atoms with Gasteiger partial charge in [0.2, 0.25) is 0 Å². The highest BCUT2D eigenvalue weighted by molar-refractivity contribution is 6.12. The second-order valence-electron chi connectivity index (χ2n) is 4.30.